The Labute approximate surface area is 131 Å². The van der Waals surface area contributed by atoms with Crippen LogP contribution in [0.15, 0.2) is 35.5 Å². The van der Waals surface area contributed by atoms with Crippen molar-refractivity contribution in [3.05, 3.63) is 46.7 Å². The standard InChI is InChI=1S/C19H23NO2/c1-19(2,3)13-9-7-12(8-10-13)14-11-17(22)20-15-5-4-6-16(21)18(14)15/h7-10,14H,4-6,11H2,1-3H3,(H,20,22)/t14-/m1/s1. The van der Waals surface area contributed by atoms with Gasteiger partial charge in [-0.05, 0) is 29.4 Å². The van der Waals surface area contributed by atoms with Crippen molar-refractivity contribution < 1.29 is 9.59 Å². The zero-order chi connectivity index (χ0) is 15.9. The molecule has 1 atom stereocenters. The SMILES string of the molecule is CC(C)(C)c1ccc([C@H]2CC(=O)NC3=C2C(=O)CCC3)cc1. The molecule has 0 fully saturated rings. The van der Waals surface area contributed by atoms with E-state index in [0.717, 1.165) is 29.7 Å². The fourth-order valence-corrected chi connectivity index (χ4v) is 3.40. The van der Waals surface area contributed by atoms with Gasteiger partial charge in [0.15, 0.2) is 5.78 Å². The molecule has 1 aliphatic carbocycles. The monoisotopic (exact) mass is 297 g/mol. The number of rotatable bonds is 1. The van der Waals surface area contributed by atoms with Gasteiger partial charge in [-0.25, -0.2) is 0 Å². The summed E-state index contributed by atoms with van der Waals surface area (Å²) < 4.78 is 0. The van der Waals surface area contributed by atoms with Crippen LogP contribution in [0.5, 0.6) is 0 Å². The van der Waals surface area contributed by atoms with Crippen molar-refractivity contribution in [2.45, 2.75) is 57.8 Å². The second-order valence-electron chi connectivity index (χ2n) is 7.35. The van der Waals surface area contributed by atoms with Crippen LogP contribution >= 0.6 is 0 Å². The van der Waals surface area contributed by atoms with Crippen LogP contribution in [0, 0.1) is 0 Å². The van der Waals surface area contributed by atoms with Crippen molar-refractivity contribution >= 4 is 11.7 Å². The molecule has 1 N–H and O–H groups in total. The molecule has 1 aromatic rings. The van der Waals surface area contributed by atoms with Crippen LogP contribution in [0.25, 0.3) is 0 Å². The van der Waals surface area contributed by atoms with E-state index in [1.54, 1.807) is 0 Å². The average Bonchev–Trinajstić information content (AvgIpc) is 2.45. The Balaban J connectivity index is 1.99. The first kappa shape index (κ1) is 15.0. The number of carbonyl (C=O) groups excluding carboxylic acids is 2. The maximum atomic E-state index is 12.3. The van der Waals surface area contributed by atoms with Gasteiger partial charge in [-0.15, -0.1) is 0 Å². The normalized spacial score (nSPS) is 22.4. The van der Waals surface area contributed by atoms with E-state index in [1.165, 1.54) is 5.56 Å². The molecule has 0 radical (unpaired) electrons. The first-order valence-corrected chi connectivity index (χ1v) is 8.03. The highest BCUT2D eigenvalue weighted by molar-refractivity contribution is 6.01. The van der Waals surface area contributed by atoms with Crippen LogP contribution in [0.4, 0.5) is 0 Å². The molecule has 3 nitrogen and oxygen atoms in total. The van der Waals surface area contributed by atoms with E-state index in [-0.39, 0.29) is 23.0 Å². The Morgan fingerprint density at radius 3 is 2.36 bits per heavy atom. The van der Waals surface area contributed by atoms with Crippen molar-refractivity contribution in [3.63, 3.8) is 0 Å². The fraction of sp³-hybridized carbons (Fsp3) is 0.474. The summed E-state index contributed by atoms with van der Waals surface area (Å²) >= 11 is 0. The van der Waals surface area contributed by atoms with Crippen molar-refractivity contribution in [2.75, 3.05) is 0 Å². The highest BCUT2D eigenvalue weighted by Gasteiger charge is 2.34. The predicted molar refractivity (Wildman–Crippen MR) is 86.5 cm³/mol. The molecule has 116 valence electrons. The molecule has 1 aliphatic heterocycles. The van der Waals surface area contributed by atoms with Gasteiger partial charge in [-0.1, -0.05) is 45.0 Å². The van der Waals surface area contributed by atoms with Gasteiger partial charge in [-0.3, -0.25) is 9.59 Å². The number of nitrogens with one attached hydrogen (secondary N) is 1. The molecule has 22 heavy (non-hydrogen) atoms. The summed E-state index contributed by atoms with van der Waals surface area (Å²) in [6.45, 7) is 6.55. The fourth-order valence-electron chi connectivity index (χ4n) is 3.40. The highest BCUT2D eigenvalue weighted by Crippen LogP contribution is 2.38. The second kappa shape index (κ2) is 5.38. The lowest BCUT2D eigenvalue weighted by Crippen LogP contribution is -2.36. The molecular weight excluding hydrogens is 274 g/mol. The molecule has 0 saturated heterocycles. The third-order valence-corrected chi connectivity index (χ3v) is 4.66. The van der Waals surface area contributed by atoms with Crippen LogP contribution in [0.2, 0.25) is 0 Å². The minimum Gasteiger partial charge on any atom is -0.329 e. The van der Waals surface area contributed by atoms with Crippen LogP contribution in [-0.2, 0) is 15.0 Å². The third-order valence-electron chi connectivity index (χ3n) is 4.66. The van der Waals surface area contributed by atoms with Gasteiger partial charge < -0.3 is 5.32 Å². The van der Waals surface area contributed by atoms with E-state index in [1.807, 2.05) is 0 Å². The minimum absolute atomic E-state index is 0.0262. The van der Waals surface area contributed by atoms with Crippen LogP contribution < -0.4 is 5.32 Å². The van der Waals surface area contributed by atoms with Crippen LogP contribution in [0.3, 0.4) is 0 Å². The Morgan fingerprint density at radius 1 is 1.05 bits per heavy atom. The first-order valence-electron chi connectivity index (χ1n) is 8.03. The van der Waals surface area contributed by atoms with Gasteiger partial charge in [0.1, 0.15) is 0 Å². The van der Waals surface area contributed by atoms with Crippen molar-refractivity contribution in [3.8, 4) is 0 Å². The Kier molecular flexibility index (Phi) is 3.67. The van der Waals surface area contributed by atoms with Crippen molar-refractivity contribution in [2.24, 2.45) is 0 Å². The Morgan fingerprint density at radius 2 is 1.73 bits per heavy atom. The highest BCUT2D eigenvalue weighted by atomic mass is 16.2. The topological polar surface area (TPSA) is 46.2 Å². The molecule has 0 aromatic heterocycles. The Hall–Kier alpha value is -1.90. The summed E-state index contributed by atoms with van der Waals surface area (Å²) in [5, 5.41) is 2.90. The van der Waals surface area contributed by atoms with E-state index < -0.39 is 0 Å². The number of hydrogen-bond donors (Lipinski definition) is 1. The molecule has 1 aromatic carbocycles. The number of carbonyl (C=O) groups is 2. The predicted octanol–water partition coefficient (Wildman–Crippen LogP) is 3.59. The van der Waals surface area contributed by atoms with Gasteiger partial charge in [0.05, 0.1) is 0 Å². The van der Waals surface area contributed by atoms with Gasteiger partial charge >= 0.3 is 0 Å². The van der Waals surface area contributed by atoms with Crippen molar-refractivity contribution in [1.29, 1.82) is 0 Å². The summed E-state index contributed by atoms with van der Waals surface area (Å²) in [4.78, 5) is 24.3. The molecular formula is C19H23NO2. The number of amides is 1. The molecule has 0 bridgehead atoms. The number of ketones is 1. The Bertz CT molecular complexity index is 647. The maximum absolute atomic E-state index is 12.3. The minimum atomic E-state index is -0.0782. The summed E-state index contributed by atoms with van der Waals surface area (Å²) in [6.07, 6.45) is 2.63. The number of hydrogen-bond acceptors (Lipinski definition) is 2. The molecule has 2 aliphatic rings. The maximum Gasteiger partial charge on any atom is 0.225 e. The van der Waals surface area contributed by atoms with E-state index in [0.29, 0.717) is 12.8 Å². The smallest absolute Gasteiger partial charge is 0.225 e. The lowest BCUT2D eigenvalue weighted by Gasteiger charge is -2.31. The third kappa shape index (κ3) is 2.72. The van der Waals surface area contributed by atoms with E-state index in [4.69, 9.17) is 0 Å². The molecule has 0 saturated carbocycles. The van der Waals surface area contributed by atoms with E-state index >= 15 is 0 Å². The summed E-state index contributed by atoms with van der Waals surface area (Å²) in [5.41, 5.74) is 4.14. The molecule has 3 rings (SSSR count). The van der Waals surface area contributed by atoms with Crippen LogP contribution in [-0.4, -0.2) is 11.7 Å². The number of allylic oxidation sites excluding steroid dienone is 2. The average molecular weight is 297 g/mol. The first-order chi connectivity index (χ1) is 10.4. The molecule has 1 heterocycles. The summed E-state index contributed by atoms with van der Waals surface area (Å²) in [7, 11) is 0. The largest absolute Gasteiger partial charge is 0.329 e. The number of benzene rings is 1. The molecule has 0 unspecified atom stereocenters. The van der Waals surface area contributed by atoms with Crippen molar-refractivity contribution in [1.82, 2.24) is 5.32 Å². The molecule has 3 heteroatoms. The van der Waals surface area contributed by atoms with E-state index in [2.05, 4.69) is 50.4 Å². The van der Waals surface area contributed by atoms with Gasteiger partial charge in [0.2, 0.25) is 5.91 Å². The number of Topliss-reactive ketones (excluding diaryl/α,β-unsaturated/α-hetero) is 1. The van der Waals surface area contributed by atoms with Gasteiger partial charge in [0.25, 0.3) is 0 Å². The second-order valence-corrected chi connectivity index (χ2v) is 7.35. The summed E-state index contributed by atoms with van der Waals surface area (Å²) in [5.74, 6) is 0.148. The lowest BCUT2D eigenvalue weighted by molar-refractivity contribution is -0.122. The molecule has 1 amide bonds. The van der Waals surface area contributed by atoms with Gasteiger partial charge in [-0.2, -0.15) is 0 Å². The molecule has 0 spiro atoms. The quantitative estimate of drug-likeness (QED) is 0.861. The summed E-state index contributed by atoms with van der Waals surface area (Å²) in [6, 6.07) is 8.40. The lowest BCUT2D eigenvalue weighted by atomic mass is 9.77. The zero-order valence-corrected chi connectivity index (χ0v) is 13.5. The van der Waals surface area contributed by atoms with Gasteiger partial charge in [0, 0.05) is 30.0 Å². The van der Waals surface area contributed by atoms with E-state index in [9.17, 15) is 9.59 Å². The van der Waals surface area contributed by atoms with Crippen LogP contribution in [0.1, 0.15) is 63.5 Å². The zero-order valence-electron chi connectivity index (χ0n) is 13.5.